The van der Waals surface area contributed by atoms with Crippen LogP contribution in [0.4, 0.5) is 0 Å². The molecule has 17 heavy (non-hydrogen) atoms. The quantitative estimate of drug-likeness (QED) is 0.850. The van der Waals surface area contributed by atoms with Gasteiger partial charge < -0.3 is 4.74 Å². The number of benzene rings is 1. The third-order valence-corrected chi connectivity index (χ3v) is 2.34. The van der Waals surface area contributed by atoms with Crippen LogP contribution in [0.15, 0.2) is 35.1 Å². The Hall–Kier alpha value is -1.97. The molecule has 90 valence electrons. The molecule has 0 aliphatic heterocycles. The lowest BCUT2D eigenvalue weighted by Crippen LogP contribution is -2.04. The molecule has 2 rings (SSSR count). The Bertz CT molecular complexity index is 523. The van der Waals surface area contributed by atoms with Crippen LogP contribution in [0.1, 0.15) is 13.8 Å². The molecular formula is C13H16N2O2. The highest BCUT2D eigenvalue weighted by Crippen LogP contribution is 2.19. The van der Waals surface area contributed by atoms with Crippen LogP contribution in [0.2, 0.25) is 0 Å². The van der Waals surface area contributed by atoms with Crippen molar-refractivity contribution in [3.05, 3.63) is 40.7 Å². The zero-order valence-electron chi connectivity index (χ0n) is 9.99. The third-order valence-electron chi connectivity index (χ3n) is 2.34. The molecular weight excluding hydrogens is 216 g/mol. The van der Waals surface area contributed by atoms with E-state index < -0.39 is 0 Å². The van der Waals surface area contributed by atoms with Crippen molar-refractivity contribution in [2.45, 2.75) is 13.8 Å². The van der Waals surface area contributed by atoms with Gasteiger partial charge in [0.1, 0.15) is 5.75 Å². The maximum atomic E-state index is 11.0. The Morgan fingerprint density at radius 1 is 1.18 bits per heavy atom. The fraction of sp³-hybridized carbons (Fsp3) is 0.308. The maximum Gasteiger partial charge on any atom is 0.264 e. The molecule has 0 aliphatic rings. The fourth-order valence-corrected chi connectivity index (χ4v) is 1.48. The van der Waals surface area contributed by atoms with E-state index in [-0.39, 0.29) is 5.56 Å². The lowest BCUT2D eigenvalue weighted by Gasteiger charge is -2.08. The van der Waals surface area contributed by atoms with Crippen molar-refractivity contribution in [1.29, 1.82) is 0 Å². The minimum Gasteiger partial charge on any atom is -0.493 e. The predicted molar refractivity (Wildman–Crippen MR) is 67.2 cm³/mol. The van der Waals surface area contributed by atoms with Gasteiger partial charge in [0.2, 0.25) is 0 Å². The van der Waals surface area contributed by atoms with E-state index in [0.717, 1.165) is 17.0 Å². The van der Waals surface area contributed by atoms with Gasteiger partial charge in [-0.1, -0.05) is 13.8 Å². The predicted octanol–water partition coefficient (Wildman–Crippen LogP) is 2.40. The Morgan fingerprint density at radius 2 is 1.88 bits per heavy atom. The molecule has 0 aliphatic carbocycles. The lowest BCUT2D eigenvalue weighted by molar-refractivity contribution is 0.271. The monoisotopic (exact) mass is 232 g/mol. The van der Waals surface area contributed by atoms with Gasteiger partial charge in [-0.15, -0.1) is 0 Å². The van der Waals surface area contributed by atoms with Gasteiger partial charge in [0.05, 0.1) is 12.3 Å². The van der Waals surface area contributed by atoms with Crippen LogP contribution in [0.5, 0.6) is 5.75 Å². The highest BCUT2D eigenvalue weighted by atomic mass is 16.5. The van der Waals surface area contributed by atoms with E-state index in [1.54, 1.807) is 0 Å². The highest BCUT2D eigenvalue weighted by Gasteiger charge is 2.01. The molecule has 0 atom stereocenters. The van der Waals surface area contributed by atoms with Crippen molar-refractivity contribution in [3.8, 4) is 17.0 Å². The number of nitrogens with one attached hydrogen (secondary N) is 2. The van der Waals surface area contributed by atoms with Crippen LogP contribution in [0, 0.1) is 5.92 Å². The van der Waals surface area contributed by atoms with Gasteiger partial charge in [-0.2, -0.15) is 0 Å². The van der Waals surface area contributed by atoms with Crippen molar-refractivity contribution in [2.24, 2.45) is 5.92 Å². The second-order valence-corrected chi connectivity index (χ2v) is 4.40. The molecule has 0 unspecified atom stereocenters. The van der Waals surface area contributed by atoms with E-state index in [9.17, 15) is 4.79 Å². The van der Waals surface area contributed by atoms with Crippen molar-refractivity contribution < 1.29 is 4.74 Å². The molecule has 1 aromatic heterocycles. The van der Waals surface area contributed by atoms with E-state index in [2.05, 4.69) is 24.0 Å². The standard InChI is InChI=1S/C13H16N2O2/c1-9(2)8-17-11-5-3-10(4-6-11)12-7-13(16)15-14-12/h3-7,9H,8H2,1-2H3,(H2,14,15,16). The van der Waals surface area contributed by atoms with E-state index in [0.29, 0.717) is 12.5 Å². The zero-order valence-corrected chi connectivity index (χ0v) is 9.99. The van der Waals surface area contributed by atoms with Gasteiger partial charge >= 0.3 is 0 Å². The van der Waals surface area contributed by atoms with Crippen molar-refractivity contribution >= 4 is 0 Å². The topological polar surface area (TPSA) is 57.9 Å². The molecule has 0 bridgehead atoms. The molecule has 1 heterocycles. The summed E-state index contributed by atoms with van der Waals surface area (Å²) in [6.07, 6.45) is 0. The van der Waals surface area contributed by atoms with Crippen LogP contribution >= 0.6 is 0 Å². The van der Waals surface area contributed by atoms with E-state index in [1.807, 2.05) is 24.3 Å². The molecule has 0 radical (unpaired) electrons. The van der Waals surface area contributed by atoms with Crippen LogP contribution in [0.3, 0.4) is 0 Å². The van der Waals surface area contributed by atoms with Gasteiger partial charge in [0.15, 0.2) is 0 Å². The first-order valence-corrected chi connectivity index (χ1v) is 5.66. The first-order chi connectivity index (χ1) is 8.15. The summed E-state index contributed by atoms with van der Waals surface area (Å²) in [7, 11) is 0. The molecule has 4 heteroatoms. The third kappa shape index (κ3) is 3.00. The average Bonchev–Trinajstić information content (AvgIpc) is 2.74. The number of aromatic amines is 2. The van der Waals surface area contributed by atoms with Crippen LogP contribution < -0.4 is 10.3 Å². The van der Waals surface area contributed by atoms with Gasteiger partial charge in [0, 0.05) is 6.07 Å². The summed E-state index contributed by atoms with van der Waals surface area (Å²) in [6, 6.07) is 9.19. The number of ether oxygens (including phenoxy) is 1. The molecule has 4 nitrogen and oxygen atoms in total. The summed E-state index contributed by atoms with van der Waals surface area (Å²) in [5.74, 6) is 1.36. The average molecular weight is 232 g/mol. The number of hydrogen-bond acceptors (Lipinski definition) is 2. The minimum atomic E-state index is -0.125. The number of rotatable bonds is 4. The maximum absolute atomic E-state index is 11.0. The lowest BCUT2D eigenvalue weighted by atomic mass is 10.1. The number of H-pyrrole nitrogens is 2. The molecule has 0 saturated heterocycles. The summed E-state index contributed by atoms with van der Waals surface area (Å²) in [5, 5.41) is 5.32. The first kappa shape index (κ1) is 11.5. The van der Waals surface area contributed by atoms with Crippen LogP contribution in [0.25, 0.3) is 11.3 Å². The van der Waals surface area contributed by atoms with Crippen molar-refractivity contribution in [1.82, 2.24) is 10.2 Å². The molecule has 0 fully saturated rings. The summed E-state index contributed by atoms with van der Waals surface area (Å²) < 4.78 is 5.58. The van der Waals surface area contributed by atoms with Gasteiger partial charge in [0.25, 0.3) is 5.56 Å². The van der Waals surface area contributed by atoms with Gasteiger partial charge in [-0.25, -0.2) is 0 Å². The molecule has 0 saturated carbocycles. The molecule has 2 aromatic rings. The van der Waals surface area contributed by atoms with Crippen LogP contribution in [-0.4, -0.2) is 16.8 Å². The summed E-state index contributed by atoms with van der Waals surface area (Å²) in [5.41, 5.74) is 1.62. The smallest absolute Gasteiger partial charge is 0.264 e. The Kier molecular flexibility index (Phi) is 3.32. The molecule has 1 aromatic carbocycles. The fourth-order valence-electron chi connectivity index (χ4n) is 1.48. The summed E-state index contributed by atoms with van der Waals surface area (Å²) >= 11 is 0. The minimum absolute atomic E-state index is 0.125. The largest absolute Gasteiger partial charge is 0.493 e. The number of hydrogen-bond donors (Lipinski definition) is 2. The molecule has 2 N–H and O–H groups in total. The number of aromatic nitrogens is 2. The van der Waals surface area contributed by atoms with Gasteiger partial charge in [-0.05, 0) is 35.7 Å². The van der Waals surface area contributed by atoms with Gasteiger partial charge in [-0.3, -0.25) is 15.0 Å². The first-order valence-electron chi connectivity index (χ1n) is 5.66. The zero-order chi connectivity index (χ0) is 12.3. The molecule has 0 amide bonds. The summed E-state index contributed by atoms with van der Waals surface area (Å²) in [4.78, 5) is 11.0. The second-order valence-electron chi connectivity index (χ2n) is 4.40. The SMILES string of the molecule is CC(C)COc1ccc(-c2cc(=O)[nH][nH]2)cc1. The van der Waals surface area contributed by atoms with Crippen LogP contribution in [-0.2, 0) is 0 Å². The molecule has 0 spiro atoms. The Morgan fingerprint density at radius 3 is 2.41 bits per heavy atom. The van der Waals surface area contributed by atoms with E-state index >= 15 is 0 Å². The highest BCUT2D eigenvalue weighted by molar-refractivity contribution is 5.59. The van der Waals surface area contributed by atoms with E-state index in [4.69, 9.17) is 4.74 Å². The summed E-state index contributed by atoms with van der Waals surface area (Å²) in [6.45, 7) is 4.93. The Balaban J connectivity index is 2.10. The van der Waals surface area contributed by atoms with Crippen molar-refractivity contribution in [2.75, 3.05) is 6.61 Å². The van der Waals surface area contributed by atoms with E-state index in [1.165, 1.54) is 6.07 Å². The van der Waals surface area contributed by atoms with Crippen molar-refractivity contribution in [3.63, 3.8) is 0 Å². The normalized spacial score (nSPS) is 10.8. The second kappa shape index (κ2) is 4.91. The Labute approximate surface area is 99.6 Å².